The van der Waals surface area contributed by atoms with Crippen LogP contribution < -0.4 is 0 Å². The van der Waals surface area contributed by atoms with E-state index in [4.69, 9.17) is 4.74 Å². The van der Waals surface area contributed by atoms with Crippen LogP contribution in [0.5, 0.6) is 0 Å². The van der Waals surface area contributed by atoms with Gasteiger partial charge < -0.3 is 4.74 Å². The van der Waals surface area contributed by atoms with Crippen LogP contribution >= 0.6 is 0 Å². The van der Waals surface area contributed by atoms with Gasteiger partial charge in [-0.2, -0.15) is 0 Å². The third kappa shape index (κ3) is 3.29. The molecule has 16 heavy (non-hydrogen) atoms. The maximum Gasteiger partial charge on any atom is 0.308 e. The molecule has 0 aliphatic rings. The molecule has 1 aromatic rings. The summed E-state index contributed by atoms with van der Waals surface area (Å²) in [5.41, 5.74) is 0.321. The summed E-state index contributed by atoms with van der Waals surface area (Å²) in [6.45, 7) is 3.67. The molecule has 1 aromatic carbocycles. The predicted octanol–water partition coefficient (Wildman–Crippen LogP) is 2.71. The molecule has 0 aliphatic heterocycles. The summed E-state index contributed by atoms with van der Waals surface area (Å²) < 4.78 is 30.7. The van der Waals surface area contributed by atoms with Gasteiger partial charge >= 0.3 is 5.97 Å². The van der Waals surface area contributed by atoms with Gasteiger partial charge in [-0.05, 0) is 25.0 Å². The van der Waals surface area contributed by atoms with Crippen LogP contribution in [0.15, 0.2) is 18.2 Å². The third-order valence-electron chi connectivity index (χ3n) is 2.23. The maximum atomic E-state index is 13.3. The van der Waals surface area contributed by atoms with Gasteiger partial charge in [0, 0.05) is 6.07 Å². The Morgan fingerprint density at radius 1 is 1.44 bits per heavy atom. The Hall–Kier alpha value is -1.45. The molecular formula is C12H14F2O2. The largest absolute Gasteiger partial charge is 0.466 e. The highest BCUT2D eigenvalue weighted by Crippen LogP contribution is 2.15. The van der Waals surface area contributed by atoms with E-state index in [2.05, 4.69) is 0 Å². The maximum absolute atomic E-state index is 13.3. The van der Waals surface area contributed by atoms with Gasteiger partial charge in [0.1, 0.15) is 11.6 Å². The van der Waals surface area contributed by atoms with E-state index in [1.54, 1.807) is 13.8 Å². The van der Waals surface area contributed by atoms with Crippen LogP contribution in [0.3, 0.4) is 0 Å². The van der Waals surface area contributed by atoms with Gasteiger partial charge in [0.25, 0.3) is 0 Å². The topological polar surface area (TPSA) is 26.3 Å². The van der Waals surface area contributed by atoms with Gasteiger partial charge in [-0.1, -0.05) is 13.0 Å². The van der Waals surface area contributed by atoms with Crippen LogP contribution in [0.1, 0.15) is 19.4 Å². The first-order chi connectivity index (χ1) is 7.54. The van der Waals surface area contributed by atoms with Crippen molar-refractivity contribution < 1.29 is 18.3 Å². The van der Waals surface area contributed by atoms with E-state index in [-0.39, 0.29) is 12.4 Å². The zero-order valence-corrected chi connectivity index (χ0v) is 9.30. The van der Waals surface area contributed by atoms with Gasteiger partial charge in [-0.25, -0.2) is 8.78 Å². The van der Waals surface area contributed by atoms with Gasteiger partial charge in [-0.15, -0.1) is 0 Å². The molecule has 1 rings (SSSR count). The Bertz CT molecular complexity index is 377. The van der Waals surface area contributed by atoms with Crippen LogP contribution in [-0.2, 0) is 16.0 Å². The number of ether oxygens (including phenoxy) is 1. The Labute approximate surface area is 93.2 Å². The van der Waals surface area contributed by atoms with E-state index < -0.39 is 17.6 Å². The van der Waals surface area contributed by atoms with E-state index in [0.29, 0.717) is 12.2 Å². The van der Waals surface area contributed by atoms with Crippen molar-refractivity contribution >= 4 is 5.97 Å². The van der Waals surface area contributed by atoms with Crippen molar-refractivity contribution in [1.29, 1.82) is 0 Å². The lowest BCUT2D eigenvalue weighted by Gasteiger charge is -2.10. The highest BCUT2D eigenvalue weighted by molar-refractivity contribution is 5.72. The lowest BCUT2D eigenvalue weighted by molar-refractivity contribution is -0.147. The summed E-state index contributed by atoms with van der Waals surface area (Å²) in [6.07, 6.45) is 0.213. The summed E-state index contributed by atoms with van der Waals surface area (Å²) in [6, 6.07) is 3.34. The predicted molar refractivity (Wildman–Crippen MR) is 55.9 cm³/mol. The lowest BCUT2D eigenvalue weighted by atomic mass is 10.0. The molecular weight excluding hydrogens is 214 g/mol. The molecule has 0 amide bonds. The fourth-order valence-electron chi connectivity index (χ4n) is 1.38. The first-order valence-corrected chi connectivity index (χ1v) is 5.15. The van der Waals surface area contributed by atoms with Gasteiger partial charge in [-0.3, -0.25) is 4.79 Å². The monoisotopic (exact) mass is 228 g/mol. The zero-order chi connectivity index (χ0) is 12.1. The average molecular weight is 228 g/mol. The summed E-state index contributed by atoms with van der Waals surface area (Å²) in [4.78, 5) is 11.3. The van der Waals surface area contributed by atoms with Crippen LogP contribution in [0.25, 0.3) is 0 Å². The lowest BCUT2D eigenvalue weighted by Crippen LogP contribution is -2.17. The fraction of sp³-hybridized carbons (Fsp3) is 0.417. The zero-order valence-electron chi connectivity index (χ0n) is 9.30. The second-order valence-electron chi connectivity index (χ2n) is 3.59. The normalized spacial score (nSPS) is 12.2. The Balaban J connectivity index is 2.69. The summed E-state index contributed by atoms with van der Waals surface area (Å²) >= 11 is 0. The summed E-state index contributed by atoms with van der Waals surface area (Å²) in [5.74, 6) is -2.05. The van der Waals surface area contributed by atoms with Crippen LogP contribution in [0.2, 0.25) is 0 Å². The van der Waals surface area contributed by atoms with Gasteiger partial charge in [0.15, 0.2) is 0 Å². The fourth-order valence-corrected chi connectivity index (χ4v) is 1.38. The Morgan fingerprint density at radius 3 is 2.69 bits per heavy atom. The van der Waals surface area contributed by atoms with Crippen molar-refractivity contribution in [2.24, 2.45) is 5.92 Å². The third-order valence-corrected chi connectivity index (χ3v) is 2.23. The van der Waals surface area contributed by atoms with Crippen molar-refractivity contribution in [3.63, 3.8) is 0 Å². The molecule has 1 unspecified atom stereocenters. The molecule has 0 saturated carbocycles. The smallest absolute Gasteiger partial charge is 0.308 e. The van der Waals surface area contributed by atoms with E-state index in [1.807, 2.05) is 0 Å². The quantitative estimate of drug-likeness (QED) is 0.740. The number of carbonyl (C=O) groups excluding carboxylic acids is 1. The van der Waals surface area contributed by atoms with E-state index in [0.717, 1.165) is 6.07 Å². The van der Waals surface area contributed by atoms with Crippen LogP contribution in [0.4, 0.5) is 8.78 Å². The minimum Gasteiger partial charge on any atom is -0.466 e. The van der Waals surface area contributed by atoms with E-state index >= 15 is 0 Å². The molecule has 0 aromatic heterocycles. The summed E-state index contributed by atoms with van der Waals surface area (Å²) in [7, 11) is 0. The van der Waals surface area contributed by atoms with E-state index in [1.165, 1.54) is 12.1 Å². The second-order valence-corrected chi connectivity index (χ2v) is 3.59. The first-order valence-electron chi connectivity index (χ1n) is 5.15. The number of carbonyl (C=O) groups is 1. The number of halogens is 2. The Kier molecular flexibility index (Phi) is 4.40. The van der Waals surface area contributed by atoms with E-state index in [9.17, 15) is 13.6 Å². The minimum atomic E-state index is -0.629. The minimum absolute atomic E-state index is 0.213. The van der Waals surface area contributed by atoms with Crippen molar-refractivity contribution in [1.82, 2.24) is 0 Å². The number of benzene rings is 1. The Morgan fingerprint density at radius 2 is 2.12 bits per heavy atom. The van der Waals surface area contributed by atoms with Crippen molar-refractivity contribution in [3.8, 4) is 0 Å². The number of rotatable bonds is 4. The van der Waals surface area contributed by atoms with Crippen LogP contribution in [-0.4, -0.2) is 12.6 Å². The molecule has 0 bridgehead atoms. The number of hydrogen-bond donors (Lipinski definition) is 0. The molecule has 0 heterocycles. The molecule has 4 heteroatoms. The average Bonchev–Trinajstić information content (AvgIpc) is 2.22. The first kappa shape index (κ1) is 12.6. The van der Waals surface area contributed by atoms with Crippen LogP contribution in [0, 0.1) is 17.6 Å². The molecule has 88 valence electrons. The number of hydrogen-bond acceptors (Lipinski definition) is 2. The molecule has 0 fully saturated rings. The van der Waals surface area contributed by atoms with Crippen molar-refractivity contribution in [2.75, 3.05) is 6.61 Å². The highest BCUT2D eigenvalue weighted by Gasteiger charge is 2.16. The molecule has 0 N–H and O–H groups in total. The molecule has 2 nitrogen and oxygen atoms in total. The summed E-state index contributed by atoms with van der Waals surface area (Å²) in [5, 5.41) is 0. The molecule has 1 atom stereocenters. The standard InChI is InChI=1S/C12H14F2O2/c1-3-16-12(15)8(2)6-9-4-5-10(13)7-11(9)14/h4-5,7-8H,3,6H2,1-2H3. The highest BCUT2D eigenvalue weighted by atomic mass is 19.1. The molecule has 0 aliphatic carbocycles. The van der Waals surface area contributed by atoms with Crippen molar-refractivity contribution in [3.05, 3.63) is 35.4 Å². The van der Waals surface area contributed by atoms with Gasteiger partial charge in [0.2, 0.25) is 0 Å². The van der Waals surface area contributed by atoms with Gasteiger partial charge in [0.05, 0.1) is 12.5 Å². The molecule has 0 saturated heterocycles. The number of esters is 1. The molecule has 0 radical (unpaired) electrons. The molecule has 0 spiro atoms. The second kappa shape index (κ2) is 5.58. The SMILES string of the molecule is CCOC(=O)C(C)Cc1ccc(F)cc1F. The van der Waals surface area contributed by atoms with Crippen molar-refractivity contribution in [2.45, 2.75) is 20.3 Å².